The maximum absolute atomic E-state index is 11.5. The largest absolute Gasteiger partial charge is 0.385 e. The van der Waals surface area contributed by atoms with Crippen LogP contribution >= 0.6 is 45.8 Å². The van der Waals surface area contributed by atoms with Crippen LogP contribution in [0.25, 0.3) is 22.2 Å². The number of nitrogens with zero attached hydrogens (tertiary/aromatic N) is 2. The summed E-state index contributed by atoms with van der Waals surface area (Å²) in [7, 11) is 0. The first-order chi connectivity index (χ1) is 17.4. The summed E-state index contributed by atoms with van der Waals surface area (Å²) in [4.78, 5) is 4.50. The highest BCUT2D eigenvalue weighted by Gasteiger charge is 2.37. The molecule has 186 valence electrons. The van der Waals surface area contributed by atoms with Gasteiger partial charge in [0.2, 0.25) is 0 Å². The van der Waals surface area contributed by atoms with Crippen LogP contribution in [0.4, 0.5) is 0 Å². The van der Waals surface area contributed by atoms with Crippen LogP contribution in [0.15, 0.2) is 53.2 Å². The lowest BCUT2D eigenvalue weighted by atomic mass is 9.78. The van der Waals surface area contributed by atoms with E-state index in [1.807, 2.05) is 42.6 Å². The van der Waals surface area contributed by atoms with Crippen molar-refractivity contribution in [2.75, 3.05) is 0 Å². The van der Waals surface area contributed by atoms with Crippen LogP contribution < -0.4 is 0 Å². The average molecular weight is 635 g/mol. The number of ether oxygens (including phenoxy) is 1. The van der Waals surface area contributed by atoms with Gasteiger partial charge in [-0.2, -0.15) is 0 Å². The zero-order chi connectivity index (χ0) is 24.9. The molecule has 0 radical (unpaired) electrons. The standard InChI is InChI=1S/C28H25Cl2IN2O3/c29-21-2-1-3-22(30)25(21)26-20(27(36-33-26)16-4-5-16)15-35-18-8-11-28(34,12-9-18)17-6-7-19-23(31)10-13-32-24(19)14-17/h1-3,6-7,10,13-14,16,18,34H,4-5,8-9,11-12,15H2/t18-,28-. The van der Waals surface area contributed by atoms with E-state index >= 15 is 0 Å². The van der Waals surface area contributed by atoms with E-state index in [1.54, 1.807) is 0 Å². The smallest absolute Gasteiger partial charge is 0.145 e. The molecule has 2 fully saturated rings. The third-order valence-corrected chi connectivity index (χ3v) is 8.99. The summed E-state index contributed by atoms with van der Waals surface area (Å²) in [6, 6.07) is 13.6. The van der Waals surface area contributed by atoms with E-state index in [0.717, 1.165) is 57.0 Å². The molecule has 5 nitrogen and oxygen atoms in total. The third-order valence-electron chi connectivity index (χ3n) is 7.42. The molecule has 36 heavy (non-hydrogen) atoms. The zero-order valence-electron chi connectivity index (χ0n) is 19.5. The normalized spacial score (nSPS) is 22.3. The van der Waals surface area contributed by atoms with Crippen molar-refractivity contribution in [1.82, 2.24) is 10.1 Å². The fraction of sp³-hybridized carbons (Fsp3) is 0.357. The van der Waals surface area contributed by atoms with Gasteiger partial charge in [-0.15, -0.1) is 0 Å². The van der Waals surface area contributed by atoms with Crippen LogP contribution in [0.2, 0.25) is 10.0 Å². The maximum Gasteiger partial charge on any atom is 0.145 e. The summed E-state index contributed by atoms with van der Waals surface area (Å²) in [5.74, 6) is 1.26. The Bertz CT molecular complexity index is 1410. The van der Waals surface area contributed by atoms with Gasteiger partial charge in [-0.05, 0) is 90.9 Å². The van der Waals surface area contributed by atoms with Crippen molar-refractivity contribution < 1.29 is 14.4 Å². The van der Waals surface area contributed by atoms with Gasteiger partial charge in [-0.3, -0.25) is 4.98 Å². The van der Waals surface area contributed by atoms with E-state index in [9.17, 15) is 5.11 Å². The minimum atomic E-state index is -0.871. The molecule has 0 aliphatic heterocycles. The molecule has 2 aromatic heterocycles. The van der Waals surface area contributed by atoms with Gasteiger partial charge in [0.15, 0.2) is 0 Å². The molecular formula is C28H25Cl2IN2O3. The molecule has 0 unspecified atom stereocenters. The van der Waals surface area contributed by atoms with Crippen LogP contribution in [0.3, 0.4) is 0 Å². The number of fused-ring (bicyclic) bond motifs is 1. The Kier molecular flexibility index (Phi) is 6.75. The van der Waals surface area contributed by atoms with E-state index in [1.165, 1.54) is 0 Å². The SMILES string of the molecule is O[C@]1(c2ccc3c(I)ccnc3c2)CC[C@@H](OCc2c(-c3c(Cl)cccc3Cl)noc2C2CC2)CC1. The summed E-state index contributed by atoms with van der Waals surface area (Å²) in [5, 5.41) is 18.0. The first kappa shape index (κ1) is 24.6. The first-order valence-electron chi connectivity index (χ1n) is 12.2. The summed E-state index contributed by atoms with van der Waals surface area (Å²) in [6.07, 6.45) is 6.84. The number of pyridine rings is 1. The summed E-state index contributed by atoms with van der Waals surface area (Å²) in [6.45, 7) is 0.383. The molecule has 2 aromatic carbocycles. The molecule has 2 aliphatic rings. The van der Waals surface area contributed by atoms with Crippen molar-refractivity contribution in [2.45, 2.75) is 62.8 Å². The van der Waals surface area contributed by atoms with Crippen LogP contribution in [0.1, 0.15) is 61.3 Å². The number of benzene rings is 2. The van der Waals surface area contributed by atoms with Crippen molar-refractivity contribution in [3.63, 3.8) is 0 Å². The van der Waals surface area contributed by atoms with Crippen molar-refractivity contribution in [3.8, 4) is 11.3 Å². The van der Waals surface area contributed by atoms with Crippen LogP contribution in [-0.4, -0.2) is 21.4 Å². The monoisotopic (exact) mass is 634 g/mol. The van der Waals surface area contributed by atoms with Crippen molar-refractivity contribution in [1.29, 1.82) is 0 Å². The summed E-state index contributed by atoms with van der Waals surface area (Å²) < 4.78 is 13.3. The molecule has 0 atom stereocenters. The Labute approximate surface area is 233 Å². The van der Waals surface area contributed by atoms with Crippen LogP contribution in [0.5, 0.6) is 0 Å². The van der Waals surface area contributed by atoms with Gasteiger partial charge in [0.05, 0.1) is 33.9 Å². The molecule has 2 heterocycles. The lowest BCUT2D eigenvalue weighted by Crippen LogP contribution is -2.34. The van der Waals surface area contributed by atoms with E-state index in [2.05, 4.69) is 38.8 Å². The molecule has 6 rings (SSSR count). The molecule has 2 saturated carbocycles. The fourth-order valence-electron chi connectivity index (χ4n) is 5.18. The van der Waals surface area contributed by atoms with Gasteiger partial charge >= 0.3 is 0 Å². The number of hydrogen-bond acceptors (Lipinski definition) is 5. The second-order valence-electron chi connectivity index (χ2n) is 9.81. The first-order valence-corrected chi connectivity index (χ1v) is 14.1. The average Bonchev–Trinajstić information content (AvgIpc) is 3.64. The Hall–Kier alpha value is -1.71. The molecule has 4 aromatic rings. The Morgan fingerprint density at radius 1 is 1.06 bits per heavy atom. The van der Waals surface area contributed by atoms with Gasteiger partial charge in [0.1, 0.15) is 11.5 Å². The summed E-state index contributed by atoms with van der Waals surface area (Å²) in [5.41, 5.74) is 3.25. The van der Waals surface area contributed by atoms with Crippen molar-refractivity contribution in [2.24, 2.45) is 0 Å². The van der Waals surface area contributed by atoms with Gasteiger partial charge in [0, 0.05) is 32.2 Å². The fourth-order valence-corrected chi connectivity index (χ4v) is 6.37. The Morgan fingerprint density at radius 3 is 2.53 bits per heavy atom. The topological polar surface area (TPSA) is 68.4 Å². The highest BCUT2D eigenvalue weighted by molar-refractivity contribution is 14.1. The van der Waals surface area contributed by atoms with Gasteiger partial charge in [0.25, 0.3) is 0 Å². The number of hydrogen-bond donors (Lipinski definition) is 1. The highest BCUT2D eigenvalue weighted by Crippen LogP contribution is 2.46. The molecule has 1 N–H and O–H groups in total. The highest BCUT2D eigenvalue weighted by atomic mass is 127. The molecule has 8 heteroatoms. The Morgan fingerprint density at radius 2 is 1.81 bits per heavy atom. The van der Waals surface area contributed by atoms with Crippen LogP contribution in [0, 0.1) is 3.57 Å². The minimum absolute atomic E-state index is 0.0429. The molecule has 0 spiro atoms. The van der Waals surface area contributed by atoms with Gasteiger partial charge in [-0.25, -0.2) is 0 Å². The lowest BCUT2D eigenvalue weighted by Gasteiger charge is -2.36. The third kappa shape index (κ3) is 4.67. The van der Waals surface area contributed by atoms with Crippen molar-refractivity contribution in [3.05, 3.63) is 79.2 Å². The van der Waals surface area contributed by atoms with Crippen LogP contribution in [-0.2, 0) is 16.9 Å². The molecule has 0 amide bonds. The quantitative estimate of drug-likeness (QED) is 0.218. The van der Waals surface area contributed by atoms with E-state index in [4.69, 9.17) is 32.5 Å². The predicted octanol–water partition coefficient (Wildman–Crippen LogP) is 8.03. The van der Waals surface area contributed by atoms with Gasteiger partial charge in [-0.1, -0.05) is 46.6 Å². The molecule has 2 aliphatic carbocycles. The Balaban J connectivity index is 1.18. The lowest BCUT2D eigenvalue weighted by molar-refractivity contribution is -0.0640. The summed E-state index contributed by atoms with van der Waals surface area (Å²) >= 11 is 15.3. The minimum Gasteiger partial charge on any atom is -0.385 e. The molecule has 0 saturated heterocycles. The van der Waals surface area contributed by atoms with E-state index in [-0.39, 0.29) is 6.10 Å². The molecule has 0 bridgehead atoms. The van der Waals surface area contributed by atoms with Gasteiger partial charge < -0.3 is 14.4 Å². The number of aliphatic hydroxyl groups is 1. The maximum atomic E-state index is 11.5. The second kappa shape index (κ2) is 9.87. The molecular weight excluding hydrogens is 610 g/mol. The van der Waals surface area contributed by atoms with E-state index in [0.29, 0.717) is 46.7 Å². The number of aromatic nitrogens is 2. The van der Waals surface area contributed by atoms with Crippen molar-refractivity contribution >= 4 is 56.7 Å². The second-order valence-corrected chi connectivity index (χ2v) is 11.8. The number of rotatable bonds is 6. The predicted molar refractivity (Wildman–Crippen MR) is 149 cm³/mol. The number of halogens is 3. The van der Waals surface area contributed by atoms with E-state index < -0.39 is 5.60 Å². The zero-order valence-corrected chi connectivity index (χ0v) is 23.2.